The number of hydrogen-bond acceptors (Lipinski definition) is 5. The summed E-state index contributed by atoms with van der Waals surface area (Å²) in [6.45, 7) is 5.65. The number of piperidine rings is 1. The van der Waals surface area contributed by atoms with Crippen LogP contribution in [-0.2, 0) is 27.4 Å². The van der Waals surface area contributed by atoms with Gasteiger partial charge in [-0.1, -0.05) is 36.4 Å². The molecule has 1 saturated heterocycles. The van der Waals surface area contributed by atoms with Crippen LogP contribution in [0.25, 0.3) is 0 Å². The maximum atomic E-state index is 14.8. The smallest absolute Gasteiger partial charge is 0.411 e. The van der Waals surface area contributed by atoms with E-state index in [1.807, 2.05) is 30.3 Å². The third kappa shape index (κ3) is 6.62. The van der Waals surface area contributed by atoms with Crippen molar-refractivity contribution in [1.29, 1.82) is 0 Å². The van der Waals surface area contributed by atoms with Crippen LogP contribution in [-0.4, -0.2) is 46.5 Å². The highest BCUT2D eigenvalue weighted by molar-refractivity contribution is 5.91. The fourth-order valence-electron chi connectivity index (χ4n) is 5.31. The number of fused-ring (bicyclic) bond motifs is 2. The third-order valence-electron chi connectivity index (χ3n) is 7.09. The van der Waals surface area contributed by atoms with Gasteiger partial charge in [0.2, 0.25) is 11.8 Å². The van der Waals surface area contributed by atoms with Gasteiger partial charge in [-0.2, -0.15) is 0 Å². The molecule has 1 saturated carbocycles. The first kappa shape index (κ1) is 27.4. The number of carbonyl (C=O) groups is 3. The molecule has 8 nitrogen and oxygen atoms in total. The maximum absolute atomic E-state index is 14.8. The van der Waals surface area contributed by atoms with Gasteiger partial charge in [-0.25, -0.2) is 9.18 Å². The Morgan fingerprint density at radius 3 is 2.53 bits per heavy atom. The second-order valence-electron chi connectivity index (χ2n) is 11.1. The van der Waals surface area contributed by atoms with Crippen molar-refractivity contribution in [3.63, 3.8) is 0 Å². The Balaban J connectivity index is 1.36. The highest BCUT2D eigenvalue weighted by Crippen LogP contribution is 2.43. The van der Waals surface area contributed by atoms with Crippen LogP contribution >= 0.6 is 0 Å². The van der Waals surface area contributed by atoms with Crippen LogP contribution in [0, 0.1) is 11.7 Å². The molecule has 4 atom stereocenters. The lowest BCUT2D eigenvalue weighted by molar-refractivity contribution is -0.132. The lowest BCUT2D eigenvalue weighted by atomic mass is 9.97. The van der Waals surface area contributed by atoms with Crippen molar-refractivity contribution in [1.82, 2.24) is 10.2 Å². The van der Waals surface area contributed by atoms with Crippen molar-refractivity contribution in [2.24, 2.45) is 11.7 Å². The molecule has 38 heavy (non-hydrogen) atoms. The lowest BCUT2D eigenvalue weighted by Crippen LogP contribution is -2.57. The molecule has 0 spiro atoms. The number of nitrogens with one attached hydrogen (secondary N) is 1. The number of amides is 3. The Morgan fingerprint density at radius 1 is 1.13 bits per heavy atom. The van der Waals surface area contributed by atoms with Crippen LogP contribution in [0.15, 0.2) is 48.5 Å². The maximum Gasteiger partial charge on any atom is 0.411 e. The van der Waals surface area contributed by atoms with Crippen molar-refractivity contribution in [3.8, 4) is 5.75 Å². The molecule has 2 bridgehead atoms. The standard InChI is InChI=1S/C29H36FN3O5/c1-29(2,3)38-28(36)33-21-12-9-20(15-21)25(33)27(35)32-24(26(31)34)14-11-19-10-13-22(16-23(19)30)37-17-18-7-5-4-6-8-18/h4-8,10,13,16,20-21,24-25H,9,11-12,14-15,17H2,1-3H3,(H2,31,34)(H,32,35). The number of hydrogen-bond donors (Lipinski definition) is 2. The SMILES string of the molecule is CC(C)(C)OC(=O)N1C2CCC(C2)C1C(=O)NC(CCc1ccc(OCc2ccccc2)cc1F)C(N)=O. The van der Waals surface area contributed by atoms with E-state index in [-0.39, 0.29) is 24.8 Å². The summed E-state index contributed by atoms with van der Waals surface area (Å²) in [6.07, 6.45) is 2.14. The molecule has 1 aliphatic heterocycles. The first-order valence-corrected chi connectivity index (χ1v) is 13.1. The Hall–Kier alpha value is -3.62. The zero-order valence-electron chi connectivity index (χ0n) is 22.1. The van der Waals surface area contributed by atoms with E-state index in [2.05, 4.69) is 5.32 Å². The zero-order valence-corrected chi connectivity index (χ0v) is 22.1. The highest BCUT2D eigenvalue weighted by Gasteiger charge is 2.52. The van der Waals surface area contributed by atoms with E-state index in [0.717, 1.165) is 24.8 Å². The number of primary amides is 1. The number of benzene rings is 2. The number of rotatable bonds is 9. The molecule has 4 rings (SSSR count). The van der Waals surface area contributed by atoms with Gasteiger partial charge in [0.05, 0.1) is 0 Å². The number of aryl methyl sites for hydroxylation is 1. The average molecular weight is 526 g/mol. The van der Waals surface area contributed by atoms with Crippen LogP contribution in [0.3, 0.4) is 0 Å². The number of carbonyl (C=O) groups excluding carboxylic acids is 3. The van der Waals surface area contributed by atoms with Crippen LogP contribution in [0.5, 0.6) is 5.75 Å². The van der Waals surface area contributed by atoms with Gasteiger partial charge in [-0.05, 0) is 76.0 Å². The van der Waals surface area contributed by atoms with E-state index < -0.39 is 41.4 Å². The molecule has 0 radical (unpaired) electrons. The largest absolute Gasteiger partial charge is 0.489 e. The first-order valence-electron chi connectivity index (χ1n) is 13.1. The van der Waals surface area contributed by atoms with Gasteiger partial charge in [0, 0.05) is 12.1 Å². The predicted molar refractivity (Wildman–Crippen MR) is 140 cm³/mol. The third-order valence-corrected chi connectivity index (χ3v) is 7.09. The number of nitrogens with two attached hydrogens (primary N) is 1. The highest BCUT2D eigenvalue weighted by atomic mass is 19.1. The van der Waals surface area contributed by atoms with Gasteiger partial charge >= 0.3 is 6.09 Å². The monoisotopic (exact) mass is 525 g/mol. The summed E-state index contributed by atoms with van der Waals surface area (Å²) in [5.41, 5.74) is 6.25. The van der Waals surface area contributed by atoms with Crippen LogP contribution in [0.4, 0.5) is 9.18 Å². The van der Waals surface area contributed by atoms with Crippen LogP contribution in [0.2, 0.25) is 0 Å². The molecule has 1 aliphatic carbocycles. The van der Waals surface area contributed by atoms with E-state index >= 15 is 0 Å². The Bertz CT molecular complexity index is 1170. The number of likely N-dealkylation sites (tertiary alicyclic amines) is 1. The summed E-state index contributed by atoms with van der Waals surface area (Å²) in [4.78, 5) is 39.8. The van der Waals surface area contributed by atoms with Crippen LogP contribution < -0.4 is 15.8 Å². The van der Waals surface area contributed by atoms with Crippen molar-refractivity contribution < 1.29 is 28.2 Å². The molecule has 3 amide bonds. The second-order valence-corrected chi connectivity index (χ2v) is 11.1. The minimum absolute atomic E-state index is 0.00178. The topological polar surface area (TPSA) is 111 Å². The zero-order chi connectivity index (χ0) is 27.4. The van der Waals surface area contributed by atoms with Crippen LogP contribution in [0.1, 0.15) is 57.6 Å². The molecule has 4 unspecified atom stereocenters. The van der Waals surface area contributed by atoms with Crippen molar-refractivity contribution >= 4 is 17.9 Å². The Morgan fingerprint density at radius 2 is 1.87 bits per heavy atom. The summed E-state index contributed by atoms with van der Waals surface area (Å²) in [5.74, 6) is -1.21. The van der Waals surface area contributed by atoms with Crippen molar-refractivity contribution in [2.45, 2.75) is 83.2 Å². The summed E-state index contributed by atoms with van der Waals surface area (Å²) >= 11 is 0. The molecular formula is C29H36FN3O5. The van der Waals surface area contributed by atoms with Gasteiger partial charge < -0.3 is 20.5 Å². The van der Waals surface area contributed by atoms with Gasteiger partial charge in [-0.3, -0.25) is 14.5 Å². The van der Waals surface area contributed by atoms with Gasteiger partial charge in [-0.15, -0.1) is 0 Å². The average Bonchev–Trinajstić information content (AvgIpc) is 3.47. The number of ether oxygens (including phenoxy) is 2. The molecule has 3 N–H and O–H groups in total. The second kappa shape index (κ2) is 11.4. The first-order chi connectivity index (χ1) is 18.0. The molecule has 2 aromatic rings. The Kier molecular flexibility index (Phi) is 8.23. The molecular weight excluding hydrogens is 489 g/mol. The van der Waals surface area contributed by atoms with Gasteiger partial charge in [0.15, 0.2) is 0 Å². The molecule has 2 aliphatic rings. The lowest BCUT2D eigenvalue weighted by Gasteiger charge is -2.36. The summed E-state index contributed by atoms with van der Waals surface area (Å²) in [7, 11) is 0. The van der Waals surface area contributed by atoms with Gasteiger partial charge in [0.25, 0.3) is 0 Å². The quantitative estimate of drug-likeness (QED) is 0.512. The van der Waals surface area contributed by atoms with Crippen molar-refractivity contribution in [3.05, 3.63) is 65.5 Å². The van der Waals surface area contributed by atoms with E-state index in [4.69, 9.17) is 15.2 Å². The van der Waals surface area contributed by atoms with E-state index in [1.165, 1.54) is 11.0 Å². The minimum atomic E-state index is -1.00. The van der Waals surface area contributed by atoms with E-state index in [9.17, 15) is 18.8 Å². The number of nitrogens with zero attached hydrogens (tertiary/aromatic N) is 1. The predicted octanol–water partition coefficient (Wildman–Crippen LogP) is 4.10. The number of halogens is 1. The van der Waals surface area contributed by atoms with Crippen molar-refractivity contribution in [2.75, 3.05) is 0 Å². The Labute approximate surface area is 222 Å². The fraction of sp³-hybridized carbons (Fsp3) is 0.483. The molecule has 9 heteroatoms. The minimum Gasteiger partial charge on any atom is -0.489 e. The molecule has 2 aromatic carbocycles. The summed E-state index contributed by atoms with van der Waals surface area (Å²) in [6, 6.07) is 12.4. The summed E-state index contributed by atoms with van der Waals surface area (Å²) in [5, 5.41) is 2.72. The van der Waals surface area contributed by atoms with E-state index in [0.29, 0.717) is 17.9 Å². The summed E-state index contributed by atoms with van der Waals surface area (Å²) < 4.78 is 26.0. The molecule has 2 fully saturated rings. The molecule has 1 heterocycles. The normalized spacial score (nSPS) is 21.2. The fourth-order valence-corrected chi connectivity index (χ4v) is 5.31. The molecule has 0 aromatic heterocycles. The van der Waals surface area contributed by atoms with E-state index in [1.54, 1.807) is 32.9 Å². The van der Waals surface area contributed by atoms with Gasteiger partial charge in [0.1, 0.15) is 35.9 Å². The molecule has 204 valence electrons.